The third-order valence-corrected chi connectivity index (χ3v) is 4.12. The summed E-state index contributed by atoms with van der Waals surface area (Å²) in [6.45, 7) is 11.8. The number of carbonyl (C=O) groups excluding carboxylic acids is 1. The van der Waals surface area contributed by atoms with Gasteiger partial charge in [0.25, 0.3) is 0 Å². The van der Waals surface area contributed by atoms with Crippen molar-refractivity contribution in [2.45, 2.75) is 39.2 Å². The van der Waals surface area contributed by atoms with Crippen molar-refractivity contribution in [3.05, 3.63) is 0 Å². The molecule has 4 nitrogen and oxygen atoms in total. The molecule has 0 N–H and O–H groups in total. The Kier molecular flexibility index (Phi) is 4.28. The van der Waals surface area contributed by atoms with Crippen LogP contribution in [0, 0.1) is 5.92 Å². The maximum Gasteiger partial charge on any atom is 0.225 e. The van der Waals surface area contributed by atoms with Gasteiger partial charge in [0.05, 0.1) is 13.2 Å². The SMILES string of the molecule is CC(C)(C)N1CCC(C(=O)N2CCOCC2)CC1. The summed E-state index contributed by atoms with van der Waals surface area (Å²) in [5.41, 5.74) is 0.229. The number of morpholine rings is 1. The van der Waals surface area contributed by atoms with E-state index in [1.807, 2.05) is 4.90 Å². The van der Waals surface area contributed by atoms with E-state index < -0.39 is 0 Å². The molecule has 0 aromatic heterocycles. The first-order valence-corrected chi connectivity index (χ1v) is 7.10. The minimum Gasteiger partial charge on any atom is -0.378 e. The average Bonchev–Trinajstić information content (AvgIpc) is 2.38. The van der Waals surface area contributed by atoms with Crippen molar-refractivity contribution in [1.29, 1.82) is 0 Å². The molecule has 0 radical (unpaired) electrons. The lowest BCUT2D eigenvalue weighted by Gasteiger charge is -2.41. The van der Waals surface area contributed by atoms with E-state index in [1.165, 1.54) is 0 Å². The predicted molar refractivity (Wildman–Crippen MR) is 71.4 cm³/mol. The number of hydrogen-bond acceptors (Lipinski definition) is 3. The predicted octanol–water partition coefficient (Wildman–Crippen LogP) is 1.36. The Labute approximate surface area is 110 Å². The van der Waals surface area contributed by atoms with Gasteiger partial charge in [0.1, 0.15) is 0 Å². The summed E-state index contributed by atoms with van der Waals surface area (Å²) < 4.78 is 5.30. The summed E-state index contributed by atoms with van der Waals surface area (Å²) in [5.74, 6) is 0.591. The molecule has 0 aromatic rings. The van der Waals surface area contributed by atoms with Crippen LogP contribution in [0.3, 0.4) is 0 Å². The Bertz CT molecular complexity index is 285. The van der Waals surface area contributed by atoms with E-state index in [9.17, 15) is 4.79 Å². The summed E-state index contributed by atoms with van der Waals surface area (Å²) in [6.07, 6.45) is 2.01. The molecule has 0 saturated carbocycles. The van der Waals surface area contributed by atoms with Crippen LogP contribution < -0.4 is 0 Å². The molecule has 104 valence electrons. The molecule has 1 amide bonds. The molecule has 0 atom stereocenters. The van der Waals surface area contributed by atoms with Gasteiger partial charge in [-0.1, -0.05) is 0 Å². The van der Waals surface area contributed by atoms with Crippen LogP contribution in [0.2, 0.25) is 0 Å². The van der Waals surface area contributed by atoms with Crippen LogP contribution in [0.25, 0.3) is 0 Å². The Hall–Kier alpha value is -0.610. The number of hydrogen-bond donors (Lipinski definition) is 0. The first-order valence-electron chi connectivity index (χ1n) is 7.10. The molecule has 18 heavy (non-hydrogen) atoms. The maximum atomic E-state index is 12.4. The topological polar surface area (TPSA) is 32.8 Å². The lowest BCUT2D eigenvalue weighted by molar-refractivity contribution is -0.141. The Balaban J connectivity index is 1.83. The molecule has 2 fully saturated rings. The van der Waals surface area contributed by atoms with Gasteiger partial charge in [0.15, 0.2) is 0 Å². The highest BCUT2D eigenvalue weighted by Crippen LogP contribution is 2.25. The summed E-state index contributed by atoms with van der Waals surface area (Å²) in [6, 6.07) is 0. The fourth-order valence-corrected chi connectivity index (χ4v) is 2.84. The van der Waals surface area contributed by atoms with Gasteiger partial charge in [-0.3, -0.25) is 9.69 Å². The van der Waals surface area contributed by atoms with Crippen molar-refractivity contribution in [3.8, 4) is 0 Å². The fourth-order valence-electron chi connectivity index (χ4n) is 2.84. The van der Waals surface area contributed by atoms with Crippen molar-refractivity contribution < 1.29 is 9.53 Å². The number of rotatable bonds is 1. The zero-order valence-electron chi connectivity index (χ0n) is 11.9. The lowest BCUT2D eigenvalue weighted by Crippen LogP contribution is -2.50. The quantitative estimate of drug-likeness (QED) is 0.708. The first-order chi connectivity index (χ1) is 8.48. The van der Waals surface area contributed by atoms with E-state index in [1.54, 1.807) is 0 Å². The van der Waals surface area contributed by atoms with Gasteiger partial charge >= 0.3 is 0 Å². The third kappa shape index (κ3) is 3.23. The molecule has 2 rings (SSSR count). The van der Waals surface area contributed by atoms with Crippen molar-refractivity contribution in [2.24, 2.45) is 5.92 Å². The van der Waals surface area contributed by atoms with E-state index >= 15 is 0 Å². The number of ether oxygens (including phenoxy) is 1. The molecule has 2 heterocycles. The number of likely N-dealkylation sites (tertiary alicyclic amines) is 1. The van der Waals surface area contributed by atoms with Crippen LogP contribution >= 0.6 is 0 Å². The second-order valence-corrected chi connectivity index (χ2v) is 6.37. The molecule has 0 spiro atoms. The van der Waals surface area contributed by atoms with Gasteiger partial charge in [0, 0.05) is 24.5 Å². The monoisotopic (exact) mass is 254 g/mol. The normalized spacial score (nSPS) is 24.3. The number of piperidine rings is 1. The van der Waals surface area contributed by atoms with Crippen LogP contribution in [0.1, 0.15) is 33.6 Å². The summed E-state index contributed by atoms with van der Waals surface area (Å²) >= 11 is 0. The van der Waals surface area contributed by atoms with E-state index in [0.29, 0.717) is 19.1 Å². The van der Waals surface area contributed by atoms with Crippen LogP contribution in [0.15, 0.2) is 0 Å². The third-order valence-electron chi connectivity index (χ3n) is 4.12. The number of carbonyl (C=O) groups is 1. The Morgan fingerprint density at radius 3 is 2.11 bits per heavy atom. The molecular formula is C14H26N2O2. The molecule has 2 aliphatic heterocycles. The summed E-state index contributed by atoms with van der Waals surface area (Å²) in [4.78, 5) is 16.8. The minimum absolute atomic E-state index is 0.229. The number of nitrogens with zero attached hydrogens (tertiary/aromatic N) is 2. The highest BCUT2D eigenvalue weighted by molar-refractivity contribution is 5.79. The first kappa shape index (κ1) is 13.8. The van der Waals surface area contributed by atoms with Crippen molar-refractivity contribution in [3.63, 3.8) is 0 Å². The molecule has 2 saturated heterocycles. The van der Waals surface area contributed by atoms with E-state index in [0.717, 1.165) is 39.0 Å². The van der Waals surface area contributed by atoms with Crippen LogP contribution in [-0.2, 0) is 9.53 Å². The van der Waals surface area contributed by atoms with Gasteiger partial charge in [-0.25, -0.2) is 0 Å². The van der Waals surface area contributed by atoms with E-state index in [2.05, 4.69) is 25.7 Å². The molecule has 0 aliphatic carbocycles. The minimum atomic E-state index is 0.229. The second-order valence-electron chi connectivity index (χ2n) is 6.37. The fraction of sp³-hybridized carbons (Fsp3) is 0.929. The van der Waals surface area contributed by atoms with Crippen molar-refractivity contribution in [2.75, 3.05) is 39.4 Å². The van der Waals surface area contributed by atoms with Crippen LogP contribution in [0.4, 0.5) is 0 Å². The standard InChI is InChI=1S/C14H26N2O2/c1-14(2,3)16-6-4-12(5-7-16)13(17)15-8-10-18-11-9-15/h12H,4-11H2,1-3H3. The molecule has 0 unspecified atom stereocenters. The molecule has 0 aromatic carbocycles. The zero-order chi connectivity index (χ0) is 13.2. The zero-order valence-corrected chi connectivity index (χ0v) is 11.9. The summed E-state index contributed by atoms with van der Waals surface area (Å²) in [5, 5.41) is 0. The average molecular weight is 254 g/mol. The maximum absolute atomic E-state index is 12.4. The van der Waals surface area contributed by atoms with Gasteiger partial charge in [-0.15, -0.1) is 0 Å². The van der Waals surface area contributed by atoms with Gasteiger partial charge in [-0.2, -0.15) is 0 Å². The van der Waals surface area contributed by atoms with Crippen LogP contribution in [0.5, 0.6) is 0 Å². The van der Waals surface area contributed by atoms with Crippen molar-refractivity contribution in [1.82, 2.24) is 9.80 Å². The van der Waals surface area contributed by atoms with E-state index in [4.69, 9.17) is 4.74 Å². The molecule has 4 heteroatoms. The second kappa shape index (κ2) is 5.57. The largest absolute Gasteiger partial charge is 0.378 e. The lowest BCUT2D eigenvalue weighted by atomic mass is 9.92. The van der Waals surface area contributed by atoms with Crippen LogP contribution in [-0.4, -0.2) is 60.6 Å². The summed E-state index contributed by atoms with van der Waals surface area (Å²) in [7, 11) is 0. The van der Waals surface area contributed by atoms with Gasteiger partial charge in [0.2, 0.25) is 5.91 Å². The Morgan fingerprint density at radius 2 is 1.61 bits per heavy atom. The van der Waals surface area contributed by atoms with Gasteiger partial charge < -0.3 is 9.64 Å². The smallest absolute Gasteiger partial charge is 0.225 e. The molecular weight excluding hydrogens is 228 g/mol. The Morgan fingerprint density at radius 1 is 1.06 bits per heavy atom. The van der Waals surface area contributed by atoms with E-state index in [-0.39, 0.29) is 11.5 Å². The molecule has 0 bridgehead atoms. The van der Waals surface area contributed by atoms with Gasteiger partial charge in [-0.05, 0) is 46.7 Å². The van der Waals surface area contributed by atoms with Crippen molar-refractivity contribution >= 4 is 5.91 Å². The molecule has 2 aliphatic rings. The highest BCUT2D eigenvalue weighted by atomic mass is 16.5. The highest BCUT2D eigenvalue weighted by Gasteiger charge is 2.32. The number of amides is 1.